The van der Waals surface area contributed by atoms with Crippen molar-refractivity contribution in [3.8, 4) is 0 Å². The van der Waals surface area contributed by atoms with E-state index in [2.05, 4.69) is 5.32 Å². The van der Waals surface area contributed by atoms with E-state index in [0.29, 0.717) is 6.54 Å². The number of amides is 2. The Morgan fingerprint density at radius 1 is 0.949 bits per heavy atom. The number of benzene rings is 3. The molecule has 0 heterocycles. The molecule has 0 radical (unpaired) electrons. The summed E-state index contributed by atoms with van der Waals surface area (Å²) in [5, 5.41) is 3.27. The van der Waals surface area contributed by atoms with Crippen LogP contribution in [0.4, 0.5) is 5.69 Å². The second-order valence-corrected chi connectivity index (χ2v) is 12.1. The van der Waals surface area contributed by atoms with Gasteiger partial charge in [-0.1, -0.05) is 72.1 Å². The van der Waals surface area contributed by atoms with Crippen molar-refractivity contribution in [2.24, 2.45) is 0 Å². The summed E-state index contributed by atoms with van der Waals surface area (Å²) >= 11 is 12.4. The zero-order valence-corrected chi connectivity index (χ0v) is 24.8. The van der Waals surface area contributed by atoms with Crippen LogP contribution >= 0.6 is 23.2 Å². The summed E-state index contributed by atoms with van der Waals surface area (Å²) in [6, 6.07) is 17.4. The molecule has 3 aromatic carbocycles. The molecule has 10 heteroatoms. The first-order valence-corrected chi connectivity index (χ1v) is 14.8. The number of anilines is 1. The highest BCUT2D eigenvalue weighted by Gasteiger charge is 2.33. The number of rotatable bonds is 11. The average molecular weight is 591 g/mol. The molecule has 0 saturated carbocycles. The molecule has 0 aromatic heterocycles. The van der Waals surface area contributed by atoms with Crippen LogP contribution in [0.2, 0.25) is 10.0 Å². The van der Waals surface area contributed by atoms with Gasteiger partial charge in [0.25, 0.3) is 10.0 Å². The minimum atomic E-state index is -4.21. The van der Waals surface area contributed by atoms with Gasteiger partial charge in [0.1, 0.15) is 12.6 Å². The SMILES string of the molecule is CCCNC(=O)C(C)N(Cc1ccccc1C)C(=O)CN(c1cc(Cl)cc(Cl)c1)S(=O)(=O)c1ccc(C)cc1. The maximum Gasteiger partial charge on any atom is 0.264 e. The summed E-state index contributed by atoms with van der Waals surface area (Å²) in [4.78, 5) is 28.3. The first-order chi connectivity index (χ1) is 18.4. The van der Waals surface area contributed by atoms with Gasteiger partial charge in [-0.2, -0.15) is 0 Å². The molecule has 1 atom stereocenters. The molecule has 39 heavy (non-hydrogen) atoms. The van der Waals surface area contributed by atoms with Crippen LogP contribution in [0.5, 0.6) is 0 Å². The van der Waals surface area contributed by atoms with Gasteiger partial charge in [0, 0.05) is 23.1 Å². The molecule has 0 aliphatic carbocycles. The number of hydrogen-bond acceptors (Lipinski definition) is 4. The third-order valence-corrected chi connectivity index (χ3v) is 8.57. The van der Waals surface area contributed by atoms with Crippen molar-refractivity contribution in [2.45, 2.75) is 51.6 Å². The van der Waals surface area contributed by atoms with Crippen LogP contribution < -0.4 is 9.62 Å². The second-order valence-electron chi connectivity index (χ2n) is 9.37. The summed E-state index contributed by atoms with van der Waals surface area (Å²) in [6.45, 7) is 7.36. The van der Waals surface area contributed by atoms with E-state index < -0.39 is 28.5 Å². The molecule has 3 rings (SSSR count). The number of sulfonamides is 1. The molecule has 7 nitrogen and oxygen atoms in total. The highest BCUT2D eigenvalue weighted by atomic mass is 35.5. The van der Waals surface area contributed by atoms with E-state index in [1.807, 2.05) is 45.0 Å². The number of aryl methyl sites for hydroxylation is 2. The fourth-order valence-corrected chi connectivity index (χ4v) is 5.91. The Labute approximate surface area is 240 Å². The minimum absolute atomic E-state index is 0.0104. The standard InChI is InChI=1S/C29H33Cl2N3O4S/c1-5-14-32-29(36)22(4)33(18-23-9-7-6-8-21(23)3)28(35)19-34(26-16-24(30)15-25(31)17-26)39(37,38)27-12-10-20(2)11-13-27/h6-13,15-17,22H,5,14,18-19H2,1-4H3,(H,32,36). The maximum atomic E-state index is 13.9. The molecule has 208 valence electrons. The zero-order valence-electron chi connectivity index (χ0n) is 22.4. The summed E-state index contributed by atoms with van der Waals surface area (Å²) < 4.78 is 28.7. The summed E-state index contributed by atoms with van der Waals surface area (Å²) in [6.07, 6.45) is 0.738. The summed E-state index contributed by atoms with van der Waals surface area (Å²) in [5.74, 6) is -0.873. The molecule has 0 bridgehead atoms. The number of carbonyl (C=O) groups is 2. The molecule has 3 aromatic rings. The summed E-state index contributed by atoms with van der Waals surface area (Å²) in [7, 11) is -4.21. The van der Waals surface area contributed by atoms with Gasteiger partial charge in [-0.15, -0.1) is 0 Å². The molecule has 0 fully saturated rings. The smallest absolute Gasteiger partial charge is 0.264 e. The van der Waals surface area contributed by atoms with E-state index in [1.54, 1.807) is 19.1 Å². The first kappa shape index (κ1) is 30.5. The van der Waals surface area contributed by atoms with Gasteiger partial charge in [0.05, 0.1) is 10.6 Å². The highest BCUT2D eigenvalue weighted by molar-refractivity contribution is 7.92. The molecule has 1 unspecified atom stereocenters. The van der Waals surface area contributed by atoms with Crippen molar-refractivity contribution >= 4 is 50.7 Å². The Kier molecular flexibility index (Phi) is 10.4. The van der Waals surface area contributed by atoms with E-state index in [1.165, 1.54) is 35.2 Å². The largest absolute Gasteiger partial charge is 0.354 e. The Morgan fingerprint density at radius 3 is 2.15 bits per heavy atom. The van der Waals surface area contributed by atoms with Crippen LogP contribution in [0, 0.1) is 13.8 Å². The normalized spacial score (nSPS) is 12.1. The number of halogens is 2. The maximum absolute atomic E-state index is 13.9. The van der Waals surface area contributed by atoms with Gasteiger partial charge < -0.3 is 10.2 Å². The van der Waals surface area contributed by atoms with Crippen molar-refractivity contribution in [2.75, 3.05) is 17.4 Å². The molecule has 0 aliphatic rings. The molecule has 2 amide bonds. The Bertz CT molecular complexity index is 1410. The van der Waals surface area contributed by atoms with Gasteiger partial charge in [-0.25, -0.2) is 8.42 Å². The topological polar surface area (TPSA) is 86.8 Å². The van der Waals surface area contributed by atoms with Crippen LogP contribution in [0.15, 0.2) is 71.6 Å². The number of hydrogen-bond donors (Lipinski definition) is 1. The molecule has 0 spiro atoms. The number of carbonyl (C=O) groups excluding carboxylic acids is 2. The molecule has 0 aliphatic heterocycles. The fraction of sp³-hybridized carbons (Fsp3) is 0.310. The lowest BCUT2D eigenvalue weighted by Crippen LogP contribution is -2.51. The van der Waals surface area contributed by atoms with E-state index in [4.69, 9.17) is 23.2 Å². The minimum Gasteiger partial charge on any atom is -0.354 e. The van der Waals surface area contributed by atoms with Crippen molar-refractivity contribution in [3.05, 3.63) is 93.5 Å². The van der Waals surface area contributed by atoms with E-state index in [0.717, 1.165) is 27.4 Å². The number of nitrogens with zero attached hydrogens (tertiary/aromatic N) is 2. The predicted octanol–water partition coefficient (Wildman–Crippen LogP) is 5.75. The van der Waals surface area contributed by atoms with Gasteiger partial charge in [0.15, 0.2) is 0 Å². The fourth-order valence-electron chi connectivity index (χ4n) is 4.00. The van der Waals surface area contributed by atoms with Crippen LogP contribution in [-0.4, -0.2) is 44.3 Å². The van der Waals surface area contributed by atoms with Crippen LogP contribution in [0.1, 0.15) is 37.0 Å². The molecular formula is C29H33Cl2N3O4S. The van der Waals surface area contributed by atoms with Gasteiger partial charge in [-0.3, -0.25) is 13.9 Å². The number of nitrogens with one attached hydrogen (secondary N) is 1. The van der Waals surface area contributed by atoms with Crippen molar-refractivity contribution < 1.29 is 18.0 Å². The monoisotopic (exact) mass is 589 g/mol. The molecule has 1 N–H and O–H groups in total. The Morgan fingerprint density at radius 2 is 1.56 bits per heavy atom. The lowest BCUT2D eigenvalue weighted by Gasteiger charge is -2.32. The molecular weight excluding hydrogens is 557 g/mol. The average Bonchev–Trinajstić information content (AvgIpc) is 2.89. The lowest BCUT2D eigenvalue weighted by molar-refractivity contribution is -0.139. The summed E-state index contributed by atoms with van der Waals surface area (Å²) in [5.41, 5.74) is 2.82. The van der Waals surface area contributed by atoms with Crippen molar-refractivity contribution in [1.82, 2.24) is 10.2 Å². The van der Waals surface area contributed by atoms with Crippen molar-refractivity contribution in [3.63, 3.8) is 0 Å². The van der Waals surface area contributed by atoms with Crippen LogP contribution in [-0.2, 0) is 26.2 Å². The van der Waals surface area contributed by atoms with E-state index in [-0.39, 0.29) is 33.1 Å². The van der Waals surface area contributed by atoms with Crippen LogP contribution in [0.3, 0.4) is 0 Å². The second kappa shape index (κ2) is 13.3. The quantitative estimate of drug-likeness (QED) is 0.308. The molecule has 0 saturated heterocycles. The van der Waals surface area contributed by atoms with Gasteiger partial charge in [-0.05, 0) is 68.7 Å². The first-order valence-electron chi connectivity index (χ1n) is 12.6. The van der Waals surface area contributed by atoms with E-state index in [9.17, 15) is 18.0 Å². The van der Waals surface area contributed by atoms with E-state index >= 15 is 0 Å². The van der Waals surface area contributed by atoms with Crippen LogP contribution in [0.25, 0.3) is 0 Å². The van der Waals surface area contributed by atoms with Gasteiger partial charge >= 0.3 is 0 Å². The lowest BCUT2D eigenvalue weighted by atomic mass is 10.1. The predicted molar refractivity (Wildman–Crippen MR) is 157 cm³/mol. The Balaban J connectivity index is 2.06. The van der Waals surface area contributed by atoms with Gasteiger partial charge in [0.2, 0.25) is 11.8 Å². The highest BCUT2D eigenvalue weighted by Crippen LogP contribution is 2.30. The zero-order chi connectivity index (χ0) is 28.7. The van der Waals surface area contributed by atoms with Crippen molar-refractivity contribution in [1.29, 1.82) is 0 Å². The third kappa shape index (κ3) is 7.75. The third-order valence-electron chi connectivity index (χ3n) is 6.34. The Hall–Kier alpha value is -3.07.